The van der Waals surface area contributed by atoms with E-state index in [9.17, 15) is 9.90 Å². The molecule has 0 saturated carbocycles. The van der Waals surface area contributed by atoms with E-state index < -0.39 is 6.10 Å². The number of aliphatic hydroxyl groups excluding tert-OH is 1. The Hall–Kier alpha value is -2.25. The Kier molecular flexibility index (Phi) is 3.91. The van der Waals surface area contributed by atoms with Crippen LogP contribution in [0.3, 0.4) is 0 Å². The third-order valence-electron chi connectivity index (χ3n) is 3.48. The first-order chi connectivity index (χ1) is 10.6. The molecule has 1 N–H and O–H groups in total. The maximum Gasteiger partial charge on any atom is 0.264 e. The predicted octanol–water partition coefficient (Wildman–Crippen LogP) is 1.90. The number of benzene rings is 1. The van der Waals surface area contributed by atoms with Gasteiger partial charge in [-0.05, 0) is 36.2 Å². The van der Waals surface area contributed by atoms with Crippen LogP contribution in [0, 0.1) is 6.92 Å². The maximum absolute atomic E-state index is 12.5. The molecule has 3 aromatic rings. The average molecular weight is 317 g/mol. The van der Waals surface area contributed by atoms with Crippen LogP contribution < -0.4 is 10.3 Å². The molecule has 1 aromatic carbocycles. The molecule has 0 bridgehead atoms. The normalized spacial score (nSPS) is 12.5. The molecule has 0 spiro atoms. The first kappa shape index (κ1) is 14.7. The molecule has 22 heavy (non-hydrogen) atoms. The van der Waals surface area contributed by atoms with Gasteiger partial charge in [0.05, 0.1) is 37.2 Å². The van der Waals surface area contributed by atoms with Crippen LogP contribution in [0.1, 0.15) is 17.4 Å². The topological polar surface area (TPSA) is 77.2 Å². The van der Waals surface area contributed by atoms with Gasteiger partial charge in [0, 0.05) is 0 Å². The molecule has 7 heteroatoms. The van der Waals surface area contributed by atoms with Gasteiger partial charge in [-0.3, -0.25) is 9.36 Å². The largest absolute Gasteiger partial charge is 0.497 e. The van der Waals surface area contributed by atoms with Crippen molar-refractivity contribution in [2.75, 3.05) is 7.11 Å². The van der Waals surface area contributed by atoms with Gasteiger partial charge >= 0.3 is 0 Å². The van der Waals surface area contributed by atoms with Gasteiger partial charge in [0.15, 0.2) is 4.83 Å². The lowest BCUT2D eigenvalue weighted by Gasteiger charge is -2.13. The van der Waals surface area contributed by atoms with Crippen LogP contribution in [0.2, 0.25) is 0 Å². The number of aliphatic hydroxyl groups is 1. The molecule has 114 valence electrons. The molecule has 0 saturated heterocycles. The molecule has 0 unspecified atom stereocenters. The zero-order chi connectivity index (χ0) is 15.7. The number of aromatic nitrogens is 3. The van der Waals surface area contributed by atoms with Crippen molar-refractivity contribution >= 4 is 21.7 Å². The second kappa shape index (κ2) is 5.86. The number of fused-ring (bicyclic) bond motifs is 1. The van der Waals surface area contributed by atoms with E-state index >= 15 is 0 Å². The van der Waals surface area contributed by atoms with Crippen molar-refractivity contribution in [3.8, 4) is 5.75 Å². The first-order valence-corrected chi connectivity index (χ1v) is 7.51. The average Bonchev–Trinajstić information content (AvgIpc) is 2.92. The summed E-state index contributed by atoms with van der Waals surface area (Å²) in [6, 6.07) is 7.14. The van der Waals surface area contributed by atoms with Crippen LogP contribution in [0.4, 0.5) is 0 Å². The molecule has 3 rings (SSSR count). The second-order valence-electron chi connectivity index (χ2n) is 4.94. The van der Waals surface area contributed by atoms with Crippen molar-refractivity contribution < 1.29 is 9.84 Å². The van der Waals surface area contributed by atoms with Crippen LogP contribution in [-0.2, 0) is 6.54 Å². The van der Waals surface area contributed by atoms with Gasteiger partial charge in [-0.1, -0.05) is 12.1 Å². The summed E-state index contributed by atoms with van der Waals surface area (Å²) < 4.78 is 10.7. The fourth-order valence-corrected chi connectivity index (χ4v) is 3.02. The minimum Gasteiger partial charge on any atom is -0.497 e. The molecule has 0 fully saturated rings. The number of hydrogen-bond donors (Lipinski definition) is 1. The van der Waals surface area contributed by atoms with Gasteiger partial charge in [0.25, 0.3) is 5.56 Å². The smallest absolute Gasteiger partial charge is 0.264 e. The Morgan fingerprint density at radius 3 is 3.05 bits per heavy atom. The number of hydrogen-bond acceptors (Lipinski definition) is 6. The zero-order valence-electron chi connectivity index (χ0n) is 12.2. The summed E-state index contributed by atoms with van der Waals surface area (Å²) in [5.41, 5.74) is 1.17. The number of rotatable bonds is 4. The number of methoxy groups -OCH3 is 1. The SMILES string of the molecule is COc1cccc([C@@H](O)Cn2cnc3snc(C)c3c2=O)c1. The summed E-state index contributed by atoms with van der Waals surface area (Å²) >= 11 is 1.20. The molecule has 0 aliphatic heterocycles. The van der Waals surface area contributed by atoms with Crippen molar-refractivity contribution in [3.05, 3.63) is 52.2 Å². The summed E-state index contributed by atoms with van der Waals surface area (Å²) in [6.07, 6.45) is 0.630. The summed E-state index contributed by atoms with van der Waals surface area (Å²) in [5, 5.41) is 10.9. The van der Waals surface area contributed by atoms with Crippen molar-refractivity contribution in [1.29, 1.82) is 0 Å². The molecule has 0 aliphatic carbocycles. The Morgan fingerprint density at radius 2 is 2.27 bits per heavy atom. The second-order valence-corrected chi connectivity index (χ2v) is 5.69. The predicted molar refractivity (Wildman–Crippen MR) is 84.4 cm³/mol. The van der Waals surface area contributed by atoms with Crippen LogP contribution in [0.5, 0.6) is 5.75 Å². The van der Waals surface area contributed by atoms with Gasteiger partial charge in [-0.25, -0.2) is 4.98 Å². The quantitative estimate of drug-likeness (QED) is 0.795. The molecule has 0 aliphatic rings. The summed E-state index contributed by atoms with van der Waals surface area (Å²) in [7, 11) is 1.57. The van der Waals surface area contributed by atoms with Crippen LogP contribution >= 0.6 is 11.5 Å². The molecule has 6 nitrogen and oxygen atoms in total. The summed E-state index contributed by atoms with van der Waals surface area (Å²) in [5.74, 6) is 0.662. The van der Waals surface area contributed by atoms with Gasteiger partial charge in [-0.2, -0.15) is 4.37 Å². The molecular weight excluding hydrogens is 302 g/mol. The van der Waals surface area contributed by atoms with Gasteiger partial charge in [0.1, 0.15) is 5.75 Å². The minimum absolute atomic E-state index is 0.129. The Balaban J connectivity index is 1.93. The lowest BCUT2D eigenvalue weighted by molar-refractivity contribution is 0.154. The number of nitrogens with zero attached hydrogens (tertiary/aromatic N) is 3. The van der Waals surface area contributed by atoms with E-state index in [4.69, 9.17) is 4.74 Å². The first-order valence-electron chi connectivity index (χ1n) is 6.73. The fraction of sp³-hybridized carbons (Fsp3) is 0.267. The van der Waals surface area contributed by atoms with Crippen molar-refractivity contribution in [2.24, 2.45) is 0 Å². The monoisotopic (exact) mass is 317 g/mol. The van der Waals surface area contributed by atoms with E-state index in [2.05, 4.69) is 9.36 Å². The van der Waals surface area contributed by atoms with E-state index in [0.29, 0.717) is 27.2 Å². The molecular formula is C15H15N3O3S. The van der Waals surface area contributed by atoms with Gasteiger partial charge in [-0.15, -0.1) is 0 Å². The summed E-state index contributed by atoms with van der Waals surface area (Å²) in [6.45, 7) is 1.91. The van der Waals surface area contributed by atoms with Crippen LogP contribution in [0.15, 0.2) is 35.4 Å². The minimum atomic E-state index is -0.820. The fourth-order valence-electron chi connectivity index (χ4n) is 2.28. The molecule has 0 amide bonds. The Labute approximate surface area is 130 Å². The van der Waals surface area contributed by atoms with E-state index in [1.807, 2.05) is 0 Å². The van der Waals surface area contributed by atoms with E-state index in [1.54, 1.807) is 38.3 Å². The number of ether oxygens (including phenoxy) is 1. The summed E-state index contributed by atoms with van der Waals surface area (Å²) in [4.78, 5) is 17.3. The highest BCUT2D eigenvalue weighted by molar-refractivity contribution is 7.12. The Bertz CT molecular complexity index is 872. The third kappa shape index (κ3) is 2.60. The van der Waals surface area contributed by atoms with Crippen molar-refractivity contribution in [2.45, 2.75) is 19.6 Å². The maximum atomic E-state index is 12.5. The van der Waals surface area contributed by atoms with Crippen LogP contribution in [0.25, 0.3) is 10.2 Å². The van der Waals surface area contributed by atoms with Crippen LogP contribution in [-0.4, -0.2) is 26.1 Å². The lowest BCUT2D eigenvalue weighted by Crippen LogP contribution is -2.23. The zero-order valence-corrected chi connectivity index (χ0v) is 13.0. The van der Waals surface area contributed by atoms with Crippen molar-refractivity contribution in [3.63, 3.8) is 0 Å². The van der Waals surface area contributed by atoms with Crippen molar-refractivity contribution in [1.82, 2.24) is 13.9 Å². The van der Waals surface area contributed by atoms with Gasteiger partial charge < -0.3 is 9.84 Å². The standard InChI is InChI=1S/C15H15N3O3S/c1-9-13-14(22-17-9)16-8-18(15(13)20)7-12(19)10-4-3-5-11(6-10)21-2/h3-6,8,12,19H,7H2,1-2H3/t12-/m0/s1. The third-order valence-corrected chi connectivity index (χ3v) is 4.33. The van der Waals surface area contributed by atoms with E-state index in [0.717, 1.165) is 0 Å². The molecule has 2 aromatic heterocycles. The Morgan fingerprint density at radius 1 is 1.45 bits per heavy atom. The van der Waals surface area contributed by atoms with Gasteiger partial charge in [0.2, 0.25) is 0 Å². The highest BCUT2D eigenvalue weighted by atomic mass is 32.1. The lowest BCUT2D eigenvalue weighted by atomic mass is 10.1. The number of aryl methyl sites for hydroxylation is 1. The molecule has 0 radical (unpaired) electrons. The van der Waals surface area contributed by atoms with E-state index in [-0.39, 0.29) is 12.1 Å². The highest BCUT2D eigenvalue weighted by Crippen LogP contribution is 2.21. The molecule has 1 atom stereocenters. The highest BCUT2D eigenvalue weighted by Gasteiger charge is 2.14. The van der Waals surface area contributed by atoms with E-state index in [1.165, 1.54) is 22.4 Å². The molecule has 2 heterocycles.